The fourth-order valence-corrected chi connectivity index (χ4v) is 3.31. The molecule has 1 atom stereocenters. The van der Waals surface area contributed by atoms with Gasteiger partial charge in [-0.2, -0.15) is 0 Å². The number of rotatable bonds is 3. The first-order valence-electron chi connectivity index (χ1n) is 5.80. The zero-order valence-corrected chi connectivity index (χ0v) is 11.6. The topological polar surface area (TPSA) is 75.8 Å². The first kappa shape index (κ1) is 13.2. The van der Waals surface area contributed by atoms with Crippen LogP contribution in [0.5, 0.6) is 5.75 Å². The number of Topliss-reactive ketones (excluding diaryl/α,β-unsaturated/α-hetero) is 1. The third-order valence-electron chi connectivity index (χ3n) is 3.15. The Bertz CT molecular complexity index is 482. The number of anilines is 2. The molecule has 1 aromatic rings. The molecule has 1 unspecified atom stereocenters. The number of hydrogen-bond acceptors (Lipinski definition) is 6. The highest BCUT2D eigenvalue weighted by Crippen LogP contribution is 2.46. The maximum Gasteiger partial charge on any atom is 0.177 e. The number of methoxy groups -OCH3 is 1. The van der Waals surface area contributed by atoms with Gasteiger partial charge in [0.15, 0.2) is 11.5 Å². The van der Waals surface area contributed by atoms with Crippen LogP contribution in [0.4, 0.5) is 10.7 Å². The Morgan fingerprint density at radius 1 is 1.61 bits per heavy atom. The van der Waals surface area contributed by atoms with E-state index in [4.69, 9.17) is 10.5 Å². The zero-order chi connectivity index (χ0) is 13.5. The zero-order valence-electron chi connectivity index (χ0n) is 10.8. The summed E-state index contributed by atoms with van der Waals surface area (Å²) in [5, 5.41) is 10.8. The molecule has 0 saturated carbocycles. The molecule has 0 spiro atoms. The molecule has 1 aliphatic rings. The van der Waals surface area contributed by atoms with Crippen LogP contribution in [0.3, 0.4) is 0 Å². The molecule has 0 bridgehead atoms. The summed E-state index contributed by atoms with van der Waals surface area (Å²) < 4.78 is 5.30. The maximum absolute atomic E-state index is 11.5. The molecule has 5 nitrogen and oxygen atoms in total. The number of β-amino-alcohol motifs (C(OH)–C–C–N with tert-alkyl or cyclic N) is 1. The fraction of sp³-hybridized carbons (Fsp3) is 0.583. The summed E-state index contributed by atoms with van der Waals surface area (Å²) in [6.07, 6.45) is 0.698. The van der Waals surface area contributed by atoms with E-state index >= 15 is 0 Å². The molecule has 1 aliphatic heterocycles. The number of carbonyl (C=O) groups is 1. The van der Waals surface area contributed by atoms with Crippen LogP contribution in [0.25, 0.3) is 0 Å². The lowest BCUT2D eigenvalue weighted by molar-refractivity contribution is 0.0839. The maximum atomic E-state index is 11.5. The molecule has 1 saturated heterocycles. The van der Waals surface area contributed by atoms with E-state index < -0.39 is 5.60 Å². The fourth-order valence-electron chi connectivity index (χ4n) is 2.20. The minimum absolute atomic E-state index is 0.0620. The van der Waals surface area contributed by atoms with Crippen LogP contribution in [0.15, 0.2) is 0 Å². The molecular weight excluding hydrogens is 252 g/mol. The predicted molar refractivity (Wildman–Crippen MR) is 72.7 cm³/mol. The van der Waals surface area contributed by atoms with Gasteiger partial charge in [0.25, 0.3) is 0 Å². The van der Waals surface area contributed by atoms with Gasteiger partial charge in [0, 0.05) is 20.0 Å². The molecule has 100 valence electrons. The van der Waals surface area contributed by atoms with Gasteiger partial charge in [-0.05, 0) is 13.3 Å². The number of ketones is 1. The van der Waals surface area contributed by atoms with Gasteiger partial charge in [0.05, 0.1) is 23.3 Å². The standard InChI is InChI=1S/C12H18N2O3S/c1-7(15)10-8(13)9(17-3)11(18-10)14-5-4-12(2,16)6-14/h16H,4-6,13H2,1-3H3. The highest BCUT2D eigenvalue weighted by Gasteiger charge is 2.34. The van der Waals surface area contributed by atoms with Gasteiger partial charge in [-0.3, -0.25) is 4.79 Å². The third-order valence-corrected chi connectivity index (χ3v) is 4.49. The predicted octanol–water partition coefficient (Wildman–Crippen LogP) is 1.50. The van der Waals surface area contributed by atoms with Crippen molar-refractivity contribution in [3.05, 3.63) is 4.88 Å². The number of thiophene rings is 1. The molecule has 1 aromatic heterocycles. The lowest BCUT2D eigenvalue weighted by Crippen LogP contribution is -2.29. The summed E-state index contributed by atoms with van der Waals surface area (Å²) in [5.41, 5.74) is 5.63. The third kappa shape index (κ3) is 2.18. The second-order valence-electron chi connectivity index (χ2n) is 4.91. The number of nitrogens with zero attached hydrogens (tertiary/aromatic N) is 1. The van der Waals surface area contributed by atoms with Crippen molar-refractivity contribution in [2.45, 2.75) is 25.9 Å². The molecule has 1 fully saturated rings. The normalized spacial score (nSPS) is 23.4. The van der Waals surface area contributed by atoms with E-state index in [1.165, 1.54) is 18.3 Å². The number of carbonyl (C=O) groups excluding carboxylic acids is 1. The van der Waals surface area contributed by atoms with Crippen LogP contribution in [0.1, 0.15) is 29.9 Å². The monoisotopic (exact) mass is 270 g/mol. The van der Waals surface area contributed by atoms with Gasteiger partial charge in [0.1, 0.15) is 5.00 Å². The average Bonchev–Trinajstić information content (AvgIpc) is 2.78. The number of nitrogens with two attached hydrogens (primary N) is 1. The van der Waals surface area contributed by atoms with Crippen molar-refractivity contribution < 1.29 is 14.6 Å². The van der Waals surface area contributed by atoms with E-state index in [9.17, 15) is 9.90 Å². The Morgan fingerprint density at radius 3 is 2.72 bits per heavy atom. The van der Waals surface area contributed by atoms with Crippen molar-refractivity contribution >= 4 is 27.8 Å². The number of aliphatic hydroxyl groups is 1. The molecule has 0 radical (unpaired) electrons. The molecule has 18 heavy (non-hydrogen) atoms. The van der Waals surface area contributed by atoms with E-state index in [1.807, 2.05) is 11.8 Å². The highest BCUT2D eigenvalue weighted by atomic mass is 32.1. The lowest BCUT2D eigenvalue weighted by atomic mass is 10.1. The Morgan fingerprint density at radius 2 is 2.28 bits per heavy atom. The van der Waals surface area contributed by atoms with Crippen molar-refractivity contribution in [2.75, 3.05) is 30.8 Å². The van der Waals surface area contributed by atoms with Gasteiger partial charge in [-0.1, -0.05) is 0 Å². The van der Waals surface area contributed by atoms with Crippen LogP contribution in [0.2, 0.25) is 0 Å². The second kappa shape index (κ2) is 4.44. The lowest BCUT2D eigenvalue weighted by Gasteiger charge is -2.20. The van der Waals surface area contributed by atoms with Crippen LogP contribution in [-0.4, -0.2) is 36.7 Å². The van der Waals surface area contributed by atoms with Crippen molar-refractivity contribution in [3.63, 3.8) is 0 Å². The second-order valence-corrected chi connectivity index (χ2v) is 5.91. The molecule has 2 heterocycles. The molecule has 2 rings (SSSR count). The Labute approximate surface area is 110 Å². The van der Waals surface area contributed by atoms with Crippen molar-refractivity contribution in [3.8, 4) is 5.75 Å². The number of ether oxygens (including phenoxy) is 1. The molecular formula is C12H18N2O3S. The highest BCUT2D eigenvalue weighted by molar-refractivity contribution is 7.19. The Balaban J connectivity index is 2.39. The number of nitrogen functional groups attached to an aromatic ring is 1. The van der Waals surface area contributed by atoms with Crippen LogP contribution in [-0.2, 0) is 0 Å². The molecule has 6 heteroatoms. The Kier molecular flexibility index (Phi) is 3.25. The summed E-state index contributed by atoms with van der Waals surface area (Å²) in [4.78, 5) is 14.0. The van der Waals surface area contributed by atoms with E-state index in [0.717, 1.165) is 11.5 Å². The summed E-state index contributed by atoms with van der Waals surface area (Å²) in [6.45, 7) is 4.56. The van der Waals surface area contributed by atoms with Gasteiger partial charge in [-0.15, -0.1) is 11.3 Å². The van der Waals surface area contributed by atoms with E-state index in [-0.39, 0.29) is 5.78 Å². The Hall–Kier alpha value is -1.27. The van der Waals surface area contributed by atoms with Crippen molar-refractivity contribution in [2.24, 2.45) is 0 Å². The van der Waals surface area contributed by atoms with E-state index in [1.54, 1.807) is 7.11 Å². The van der Waals surface area contributed by atoms with Gasteiger partial charge >= 0.3 is 0 Å². The summed E-state index contributed by atoms with van der Waals surface area (Å²) in [7, 11) is 1.54. The molecule has 3 N–H and O–H groups in total. The van der Waals surface area contributed by atoms with Crippen LogP contribution >= 0.6 is 11.3 Å². The molecule has 0 aliphatic carbocycles. The minimum atomic E-state index is -0.694. The smallest absolute Gasteiger partial charge is 0.177 e. The van der Waals surface area contributed by atoms with E-state index in [2.05, 4.69) is 0 Å². The number of hydrogen-bond donors (Lipinski definition) is 2. The first-order valence-corrected chi connectivity index (χ1v) is 6.62. The van der Waals surface area contributed by atoms with Gasteiger partial charge in [0.2, 0.25) is 0 Å². The summed E-state index contributed by atoms with van der Waals surface area (Å²) in [5.74, 6) is 0.482. The molecule has 0 aromatic carbocycles. The molecule has 0 amide bonds. The van der Waals surface area contributed by atoms with Gasteiger partial charge in [-0.25, -0.2) is 0 Å². The van der Waals surface area contributed by atoms with Crippen molar-refractivity contribution in [1.29, 1.82) is 0 Å². The van der Waals surface area contributed by atoms with Crippen LogP contribution in [0, 0.1) is 0 Å². The summed E-state index contributed by atoms with van der Waals surface area (Å²) >= 11 is 1.33. The van der Waals surface area contributed by atoms with E-state index in [0.29, 0.717) is 29.3 Å². The SMILES string of the molecule is COc1c(N2CCC(C)(O)C2)sc(C(C)=O)c1N. The largest absolute Gasteiger partial charge is 0.492 e. The minimum Gasteiger partial charge on any atom is -0.492 e. The van der Waals surface area contributed by atoms with Crippen molar-refractivity contribution in [1.82, 2.24) is 0 Å². The summed E-state index contributed by atoms with van der Waals surface area (Å²) in [6, 6.07) is 0. The van der Waals surface area contributed by atoms with Gasteiger partial charge < -0.3 is 20.5 Å². The van der Waals surface area contributed by atoms with Crippen LogP contribution < -0.4 is 15.4 Å². The first-order chi connectivity index (χ1) is 8.35. The average molecular weight is 270 g/mol. The quantitative estimate of drug-likeness (QED) is 0.814.